The van der Waals surface area contributed by atoms with E-state index in [9.17, 15) is 4.79 Å². The molecule has 1 atom stereocenters. The molecule has 1 unspecified atom stereocenters. The molecule has 0 radical (unpaired) electrons. The molecule has 0 spiro atoms. The van der Waals surface area contributed by atoms with Crippen LogP contribution < -0.4 is 9.64 Å². The van der Waals surface area contributed by atoms with Crippen LogP contribution in [-0.2, 0) is 4.79 Å². The van der Waals surface area contributed by atoms with Gasteiger partial charge in [0, 0.05) is 24.3 Å². The highest BCUT2D eigenvalue weighted by atomic mass is 16.5. The summed E-state index contributed by atoms with van der Waals surface area (Å²) in [6.45, 7) is 8.73. The monoisotopic (exact) mass is 267 g/mol. The van der Waals surface area contributed by atoms with Crippen molar-refractivity contribution in [1.82, 2.24) is 9.97 Å². The van der Waals surface area contributed by atoms with Gasteiger partial charge in [0.15, 0.2) is 0 Å². The molecule has 1 N–H and O–H groups in total. The standard InChI is InChI=1S/C13H21N3O3/c1-5-16(10(4)8-12(17)18)13-14-9(3)7-11(15-13)19-6-2/h7,10H,5-6,8H2,1-4H3,(H,17,18). The smallest absolute Gasteiger partial charge is 0.305 e. The zero-order chi connectivity index (χ0) is 14.4. The predicted molar refractivity (Wildman–Crippen MR) is 72.7 cm³/mol. The van der Waals surface area contributed by atoms with Crippen LogP contribution in [-0.4, -0.2) is 40.2 Å². The van der Waals surface area contributed by atoms with Gasteiger partial charge in [-0.2, -0.15) is 4.98 Å². The molecular weight excluding hydrogens is 246 g/mol. The number of carboxylic acid groups (broad SMARTS) is 1. The van der Waals surface area contributed by atoms with Crippen molar-refractivity contribution in [3.05, 3.63) is 11.8 Å². The highest BCUT2D eigenvalue weighted by Crippen LogP contribution is 2.18. The third kappa shape index (κ3) is 4.39. The lowest BCUT2D eigenvalue weighted by Gasteiger charge is -2.27. The maximum Gasteiger partial charge on any atom is 0.305 e. The van der Waals surface area contributed by atoms with Gasteiger partial charge >= 0.3 is 5.97 Å². The molecule has 1 rings (SSSR count). The fraction of sp³-hybridized carbons (Fsp3) is 0.615. The van der Waals surface area contributed by atoms with Crippen molar-refractivity contribution in [3.63, 3.8) is 0 Å². The van der Waals surface area contributed by atoms with Crippen molar-refractivity contribution in [2.24, 2.45) is 0 Å². The molecular formula is C13H21N3O3. The van der Waals surface area contributed by atoms with Gasteiger partial charge in [-0.3, -0.25) is 4.79 Å². The summed E-state index contributed by atoms with van der Waals surface area (Å²) >= 11 is 0. The van der Waals surface area contributed by atoms with Gasteiger partial charge in [-0.1, -0.05) is 0 Å². The van der Waals surface area contributed by atoms with Crippen molar-refractivity contribution in [1.29, 1.82) is 0 Å². The molecule has 1 aromatic rings. The second-order valence-electron chi connectivity index (χ2n) is 4.31. The van der Waals surface area contributed by atoms with Crippen molar-refractivity contribution in [2.75, 3.05) is 18.1 Å². The van der Waals surface area contributed by atoms with E-state index in [1.165, 1.54) is 0 Å². The van der Waals surface area contributed by atoms with Crippen LogP contribution >= 0.6 is 0 Å². The second kappa shape index (κ2) is 6.92. The number of rotatable bonds is 7. The van der Waals surface area contributed by atoms with E-state index in [0.717, 1.165) is 5.69 Å². The topological polar surface area (TPSA) is 75.5 Å². The van der Waals surface area contributed by atoms with Crippen LogP contribution in [0.25, 0.3) is 0 Å². The Morgan fingerprint density at radius 2 is 2.16 bits per heavy atom. The average molecular weight is 267 g/mol. The van der Waals surface area contributed by atoms with Gasteiger partial charge in [-0.25, -0.2) is 4.98 Å². The molecule has 1 aromatic heterocycles. The number of hydrogen-bond acceptors (Lipinski definition) is 5. The van der Waals surface area contributed by atoms with Gasteiger partial charge in [0.2, 0.25) is 11.8 Å². The molecule has 19 heavy (non-hydrogen) atoms. The maximum absolute atomic E-state index is 10.8. The summed E-state index contributed by atoms with van der Waals surface area (Å²) in [4.78, 5) is 21.4. The number of aliphatic carboxylic acids is 1. The van der Waals surface area contributed by atoms with E-state index >= 15 is 0 Å². The summed E-state index contributed by atoms with van der Waals surface area (Å²) in [7, 11) is 0. The SMILES string of the molecule is CCOc1cc(C)nc(N(CC)C(C)CC(=O)O)n1. The van der Waals surface area contributed by atoms with Crippen LogP contribution in [0.5, 0.6) is 5.88 Å². The predicted octanol–water partition coefficient (Wildman–Crippen LogP) is 1.87. The van der Waals surface area contributed by atoms with E-state index < -0.39 is 5.97 Å². The molecule has 0 aliphatic heterocycles. The Morgan fingerprint density at radius 1 is 1.47 bits per heavy atom. The van der Waals surface area contributed by atoms with Gasteiger partial charge in [0.1, 0.15) is 0 Å². The Morgan fingerprint density at radius 3 is 2.68 bits per heavy atom. The molecule has 0 aromatic carbocycles. The minimum atomic E-state index is -0.830. The van der Waals surface area contributed by atoms with Crippen LogP contribution in [0.4, 0.5) is 5.95 Å². The Labute approximate surface area is 113 Å². The van der Waals surface area contributed by atoms with E-state index in [1.54, 1.807) is 6.07 Å². The van der Waals surface area contributed by atoms with Crippen LogP contribution in [0.2, 0.25) is 0 Å². The van der Waals surface area contributed by atoms with Crippen LogP contribution in [0, 0.1) is 6.92 Å². The molecule has 6 nitrogen and oxygen atoms in total. The summed E-state index contributed by atoms with van der Waals surface area (Å²) in [5, 5.41) is 8.88. The second-order valence-corrected chi connectivity index (χ2v) is 4.31. The zero-order valence-electron chi connectivity index (χ0n) is 11.9. The Kier molecular flexibility index (Phi) is 5.54. The first-order chi connectivity index (χ1) is 8.97. The van der Waals surface area contributed by atoms with E-state index in [2.05, 4.69) is 9.97 Å². The van der Waals surface area contributed by atoms with Crippen LogP contribution in [0.1, 0.15) is 32.9 Å². The summed E-state index contributed by atoms with van der Waals surface area (Å²) in [5.41, 5.74) is 0.800. The first-order valence-electron chi connectivity index (χ1n) is 6.44. The third-order valence-corrected chi connectivity index (χ3v) is 2.71. The van der Waals surface area contributed by atoms with Crippen molar-refractivity contribution >= 4 is 11.9 Å². The molecule has 106 valence electrons. The summed E-state index contributed by atoms with van der Waals surface area (Å²) in [6.07, 6.45) is 0.0507. The quantitative estimate of drug-likeness (QED) is 0.813. The molecule has 1 heterocycles. The number of carbonyl (C=O) groups is 1. The molecule has 0 bridgehead atoms. The molecule has 6 heteroatoms. The molecule has 0 aliphatic carbocycles. The lowest BCUT2D eigenvalue weighted by molar-refractivity contribution is -0.137. The van der Waals surface area contributed by atoms with Gasteiger partial charge in [-0.15, -0.1) is 0 Å². The fourth-order valence-corrected chi connectivity index (χ4v) is 1.89. The molecule has 0 aliphatic rings. The Hall–Kier alpha value is -1.85. The average Bonchev–Trinajstić information content (AvgIpc) is 2.28. The van der Waals surface area contributed by atoms with E-state index in [0.29, 0.717) is 25.0 Å². The minimum Gasteiger partial charge on any atom is -0.481 e. The van der Waals surface area contributed by atoms with Crippen LogP contribution in [0.15, 0.2) is 6.07 Å². The molecule has 0 fully saturated rings. The third-order valence-electron chi connectivity index (χ3n) is 2.71. The summed E-state index contributed by atoms with van der Waals surface area (Å²) in [6, 6.07) is 1.60. The number of aryl methyl sites for hydroxylation is 1. The highest BCUT2D eigenvalue weighted by molar-refractivity contribution is 5.68. The van der Waals surface area contributed by atoms with Gasteiger partial charge in [0.05, 0.1) is 13.0 Å². The Balaban J connectivity index is 2.99. The first-order valence-corrected chi connectivity index (χ1v) is 6.44. The number of nitrogens with zero attached hydrogens (tertiary/aromatic N) is 3. The lowest BCUT2D eigenvalue weighted by Crippen LogP contribution is -2.36. The highest BCUT2D eigenvalue weighted by Gasteiger charge is 2.19. The van der Waals surface area contributed by atoms with Crippen molar-refractivity contribution in [3.8, 4) is 5.88 Å². The Bertz CT molecular complexity index is 437. The van der Waals surface area contributed by atoms with Gasteiger partial charge < -0.3 is 14.7 Å². The van der Waals surface area contributed by atoms with E-state index in [4.69, 9.17) is 9.84 Å². The van der Waals surface area contributed by atoms with Gasteiger partial charge in [-0.05, 0) is 27.7 Å². The fourth-order valence-electron chi connectivity index (χ4n) is 1.89. The number of carboxylic acids is 1. The normalized spacial score (nSPS) is 12.0. The molecule has 0 saturated carbocycles. The zero-order valence-corrected chi connectivity index (χ0v) is 11.9. The molecule has 0 amide bonds. The first kappa shape index (κ1) is 15.2. The van der Waals surface area contributed by atoms with E-state index in [1.807, 2.05) is 32.6 Å². The number of ether oxygens (including phenoxy) is 1. The minimum absolute atomic E-state index is 0.0507. The summed E-state index contributed by atoms with van der Waals surface area (Å²) in [5.74, 6) is 0.203. The van der Waals surface area contributed by atoms with Gasteiger partial charge in [0.25, 0.3) is 0 Å². The van der Waals surface area contributed by atoms with Crippen LogP contribution in [0.3, 0.4) is 0 Å². The number of aromatic nitrogens is 2. The maximum atomic E-state index is 10.8. The van der Waals surface area contributed by atoms with Crippen molar-refractivity contribution < 1.29 is 14.6 Å². The number of anilines is 1. The van der Waals surface area contributed by atoms with Crippen molar-refractivity contribution in [2.45, 2.75) is 40.2 Å². The number of hydrogen-bond donors (Lipinski definition) is 1. The molecule has 0 saturated heterocycles. The summed E-state index contributed by atoms with van der Waals surface area (Å²) < 4.78 is 5.39. The largest absolute Gasteiger partial charge is 0.481 e. The van der Waals surface area contributed by atoms with E-state index in [-0.39, 0.29) is 12.5 Å². The lowest BCUT2D eigenvalue weighted by atomic mass is 10.2.